The van der Waals surface area contributed by atoms with Crippen LogP contribution in [0.4, 0.5) is 5.82 Å². The van der Waals surface area contributed by atoms with Crippen molar-refractivity contribution in [2.24, 2.45) is 0 Å². The van der Waals surface area contributed by atoms with E-state index >= 15 is 0 Å². The van der Waals surface area contributed by atoms with E-state index < -0.39 is 0 Å². The number of halogens is 1. The molecule has 2 rings (SSSR count). The molecule has 1 N–H and O–H groups in total. The maximum atomic E-state index is 12.2. The molecule has 7 heteroatoms. The van der Waals surface area contributed by atoms with Crippen LogP contribution >= 0.6 is 15.9 Å². The first-order valence-electron chi connectivity index (χ1n) is 6.10. The van der Waals surface area contributed by atoms with Gasteiger partial charge >= 0.3 is 0 Å². The van der Waals surface area contributed by atoms with E-state index in [1.165, 1.54) is 0 Å². The van der Waals surface area contributed by atoms with Gasteiger partial charge in [0.05, 0.1) is 17.3 Å². The molecule has 1 amide bonds. The molecule has 2 aromatic rings. The zero-order valence-corrected chi connectivity index (χ0v) is 13.1. The molecule has 0 atom stereocenters. The first-order chi connectivity index (χ1) is 9.55. The van der Waals surface area contributed by atoms with Crippen molar-refractivity contribution in [1.29, 1.82) is 0 Å². The van der Waals surface area contributed by atoms with Gasteiger partial charge in [-0.3, -0.25) is 9.48 Å². The Morgan fingerprint density at radius 3 is 2.90 bits per heavy atom. The van der Waals surface area contributed by atoms with Crippen LogP contribution in [0.2, 0.25) is 0 Å². The van der Waals surface area contributed by atoms with E-state index in [2.05, 4.69) is 31.3 Å². The smallest absolute Gasteiger partial charge is 0.275 e. The van der Waals surface area contributed by atoms with Crippen LogP contribution in [-0.4, -0.2) is 27.8 Å². The van der Waals surface area contributed by atoms with Gasteiger partial charge in [0.1, 0.15) is 17.3 Å². The summed E-state index contributed by atoms with van der Waals surface area (Å²) >= 11 is 3.31. The van der Waals surface area contributed by atoms with Crippen LogP contribution in [0.15, 0.2) is 22.8 Å². The van der Waals surface area contributed by atoms with E-state index in [9.17, 15) is 4.79 Å². The van der Waals surface area contributed by atoms with Crippen LogP contribution in [0.25, 0.3) is 0 Å². The van der Waals surface area contributed by atoms with Gasteiger partial charge in [-0.05, 0) is 35.8 Å². The lowest BCUT2D eigenvalue weighted by Gasteiger charge is -2.08. The van der Waals surface area contributed by atoms with Crippen molar-refractivity contribution in [2.75, 3.05) is 12.4 Å². The van der Waals surface area contributed by atoms with E-state index in [0.717, 1.165) is 10.2 Å². The zero-order valence-electron chi connectivity index (χ0n) is 11.5. The minimum atomic E-state index is -0.246. The van der Waals surface area contributed by atoms with Crippen LogP contribution < -0.4 is 10.1 Å². The van der Waals surface area contributed by atoms with Crippen molar-refractivity contribution >= 4 is 27.7 Å². The van der Waals surface area contributed by atoms with Gasteiger partial charge in [-0.25, -0.2) is 4.98 Å². The highest BCUT2D eigenvalue weighted by molar-refractivity contribution is 9.10. The molecule has 0 bridgehead atoms. The number of aromatic nitrogens is 3. The normalized spacial score (nSPS) is 10.4. The van der Waals surface area contributed by atoms with Crippen LogP contribution in [-0.2, 0) is 6.54 Å². The lowest BCUT2D eigenvalue weighted by molar-refractivity contribution is 0.101. The Labute approximate surface area is 125 Å². The molecule has 0 spiro atoms. The fraction of sp³-hybridized carbons (Fsp3) is 0.308. The molecule has 6 nitrogen and oxygen atoms in total. The lowest BCUT2D eigenvalue weighted by atomic mass is 10.3. The maximum absolute atomic E-state index is 12.2. The Balaban J connectivity index is 2.23. The van der Waals surface area contributed by atoms with E-state index in [-0.39, 0.29) is 5.91 Å². The molecule has 20 heavy (non-hydrogen) atoms. The number of rotatable bonds is 4. The van der Waals surface area contributed by atoms with Crippen LogP contribution in [0.3, 0.4) is 0 Å². The summed E-state index contributed by atoms with van der Waals surface area (Å²) in [7, 11) is 1.56. The van der Waals surface area contributed by atoms with Crippen molar-refractivity contribution in [3.63, 3.8) is 0 Å². The van der Waals surface area contributed by atoms with E-state index in [4.69, 9.17) is 4.74 Å². The Morgan fingerprint density at radius 2 is 2.25 bits per heavy atom. The minimum Gasteiger partial charge on any atom is -0.495 e. The van der Waals surface area contributed by atoms with Gasteiger partial charge in [0, 0.05) is 18.8 Å². The third-order valence-corrected chi connectivity index (χ3v) is 3.31. The Kier molecular flexibility index (Phi) is 4.39. The van der Waals surface area contributed by atoms with Gasteiger partial charge < -0.3 is 10.1 Å². The highest BCUT2D eigenvalue weighted by Crippen LogP contribution is 2.26. The third-order valence-electron chi connectivity index (χ3n) is 2.72. The monoisotopic (exact) mass is 338 g/mol. The number of amides is 1. The molecule has 0 unspecified atom stereocenters. The molecule has 0 aliphatic rings. The number of aryl methyl sites for hydroxylation is 2. The standard InChI is InChI=1S/C13H15BrN4O2/c1-4-18-10(5-8(2)17-18)13(19)16-12-6-11(20-3)9(14)7-15-12/h5-7H,4H2,1-3H3,(H,15,16,19). The van der Waals surface area contributed by atoms with E-state index in [1.54, 1.807) is 30.1 Å². The summed E-state index contributed by atoms with van der Waals surface area (Å²) < 4.78 is 7.55. The molecule has 0 saturated carbocycles. The number of anilines is 1. The van der Waals surface area contributed by atoms with Gasteiger partial charge in [-0.1, -0.05) is 0 Å². The summed E-state index contributed by atoms with van der Waals surface area (Å²) in [5, 5.41) is 6.98. The molecule has 2 aromatic heterocycles. The van der Waals surface area contributed by atoms with Crippen molar-refractivity contribution in [2.45, 2.75) is 20.4 Å². The Morgan fingerprint density at radius 1 is 1.50 bits per heavy atom. The van der Waals surface area contributed by atoms with Gasteiger partial charge in [0.2, 0.25) is 0 Å². The molecule has 0 radical (unpaired) electrons. The zero-order chi connectivity index (χ0) is 14.7. The number of carbonyl (C=O) groups is 1. The number of ether oxygens (including phenoxy) is 1. The van der Waals surface area contributed by atoms with Gasteiger partial charge in [-0.15, -0.1) is 0 Å². The second-order valence-corrected chi connectivity index (χ2v) is 5.00. The highest BCUT2D eigenvalue weighted by atomic mass is 79.9. The first kappa shape index (κ1) is 14.5. The van der Waals surface area contributed by atoms with Crippen LogP contribution in [0.5, 0.6) is 5.75 Å². The van der Waals surface area contributed by atoms with Crippen molar-refractivity contribution in [1.82, 2.24) is 14.8 Å². The van der Waals surface area contributed by atoms with Gasteiger partial charge in [-0.2, -0.15) is 5.10 Å². The number of nitrogens with one attached hydrogen (secondary N) is 1. The van der Waals surface area contributed by atoms with Crippen LogP contribution in [0.1, 0.15) is 23.1 Å². The minimum absolute atomic E-state index is 0.246. The first-order valence-corrected chi connectivity index (χ1v) is 6.89. The summed E-state index contributed by atoms with van der Waals surface area (Å²) in [4.78, 5) is 16.4. The molecule has 0 saturated heterocycles. The predicted molar refractivity (Wildman–Crippen MR) is 79.1 cm³/mol. The fourth-order valence-corrected chi connectivity index (χ4v) is 2.17. The summed E-state index contributed by atoms with van der Waals surface area (Å²) in [5.74, 6) is 0.788. The number of carbonyl (C=O) groups excluding carboxylic acids is 1. The number of pyridine rings is 1. The second-order valence-electron chi connectivity index (χ2n) is 4.14. The van der Waals surface area contributed by atoms with Crippen molar-refractivity contribution in [3.8, 4) is 5.75 Å². The quantitative estimate of drug-likeness (QED) is 0.930. The number of hydrogen-bond donors (Lipinski definition) is 1. The largest absolute Gasteiger partial charge is 0.495 e. The Bertz CT molecular complexity index is 639. The average molecular weight is 339 g/mol. The fourth-order valence-electron chi connectivity index (χ4n) is 1.79. The SMILES string of the molecule is CCn1nc(C)cc1C(=O)Nc1cc(OC)c(Br)cn1. The molecular weight excluding hydrogens is 324 g/mol. The molecule has 106 valence electrons. The summed E-state index contributed by atoms with van der Waals surface area (Å²) in [6, 6.07) is 3.40. The highest BCUT2D eigenvalue weighted by Gasteiger charge is 2.14. The number of nitrogens with zero attached hydrogens (tertiary/aromatic N) is 3. The van der Waals surface area contributed by atoms with E-state index in [1.807, 2.05) is 13.8 Å². The number of hydrogen-bond acceptors (Lipinski definition) is 4. The number of methoxy groups -OCH3 is 1. The molecule has 2 heterocycles. The summed E-state index contributed by atoms with van der Waals surface area (Å²) in [6.07, 6.45) is 1.58. The topological polar surface area (TPSA) is 69.0 Å². The third kappa shape index (κ3) is 2.98. The van der Waals surface area contributed by atoms with Crippen LogP contribution in [0, 0.1) is 6.92 Å². The molecular formula is C13H15BrN4O2. The Hall–Kier alpha value is -1.89. The van der Waals surface area contributed by atoms with Crippen molar-refractivity contribution in [3.05, 3.63) is 34.2 Å². The average Bonchev–Trinajstić information content (AvgIpc) is 2.82. The molecule has 0 aliphatic heterocycles. The molecule has 0 aromatic carbocycles. The predicted octanol–water partition coefficient (Wildman–Crippen LogP) is 2.63. The second kappa shape index (κ2) is 6.04. The maximum Gasteiger partial charge on any atom is 0.275 e. The van der Waals surface area contributed by atoms with Crippen molar-refractivity contribution < 1.29 is 9.53 Å². The summed E-state index contributed by atoms with van der Waals surface area (Å²) in [5.41, 5.74) is 1.31. The molecule has 0 fully saturated rings. The van der Waals surface area contributed by atoms with E-state index in [0.29, 0.717) is 23.8 Å². The van der Waals surface area contributed by atoms with Gasteiger partial charge in [0.15, 0.2) is 0 Å². The molecule has 0 aliphatic carbocycles. The summed E-state index contributed by atoms with van der Waals surface area (Å²) in [6.45, 7) is 4.42. The van der Waals surface area contributed by atoms with Gasteiger partial charge in [0.25, 0.3) is 5.91 Å². The lowest BCUT2D eigenvalue weighted by Crippen LogP contribution is -2.18.